The maximum Gasteiger partial charge on any atom is 0.274 e. The van der Waals surface area contributed by atoms with Gasteiger partial charge in [0, 0.05) is 28.3 Å². The summed E-state index contributed by atoms with van der Waals surface area (Å²) in [6.07, 6.45) is 1.34. The molecule has 0 saturated carbocycles. The second-order valence-electron chi connectivity index (χ2n) is 5.20. The number of carbonyl (C=O) groups is 1. The maximum absolute atomic E-state index is 12.3. The highest BCUT2D eigenvalue weighted by Crippen LogP contribution is 2.18. The van der Waals surface area contributed by atoms with E-state index in [1.165, 1.54) is 6.33 Å². The van der Waals surface area contributed by atoms with Crippen LogP contribution in [0.4, 0.5) is 11.5 Å². The molecule has 0 fully saturated rings. The summed E-state index contributed by atoms with van der Waals surface area (Å²) in [5, 5.41) is 7.09. The lowest BCUT2D eigenvalue weighted by atomic mass is 10.2. The summed E-state index contributed by atoms with van der Waals surface area (Å²) in [6, 6.07) is 16.0. The summed E-state index contributed by atoms with van der Waals surface area (Å²) >= 11 is 12.0. The Labute approximate surface area is 155 Å². The first-order valence-corrected chi connectivity index (χ1v) is 8.23. The molecule has 1 amide bonds. The van der Waals surface area contributed by atoms with Crippen molar-refractivity contribution in [2.45, 2.75) is 6.54 Å². The predicted molar refractivity (Wildman–Crippen MR) is 100 cm³/mol. The number of carbonyl (C=O) groups excluding carboxylic acids is 1. The third-order valence-electron chi connectivity index (χ3n) is 3.40. The van der Waals surface area contributed by atoms with Crippen molar-refractivity contribution in [2.75, 3.05) is 10.6 Å². The second kappa shape index (κ2) is 7.96. The highest BCUT2D eigenvalue weighted by molar-refractivity contribution is 6.31. The number of hydrogen-bond acceptors (Lipinski definition) is 4. The third-order valence-corrected chi connectivity index (χ3v) is 4.00. The fourth-order valence-electron chi connectivity index (χ4n) is 2.17. The van der Waals surface area contributed by atoms with Crippen molar-refractivity contribution in [3.8, 4) is 0 Å². The Morgan fingerprint density at radius 2 is 1.84 bits per heavy atom. The summed E-state index contributed by atoms with van der Waals surface area (Å²) in [5.41, 5.74) is 1.78. The summed E-state index contributed by atoms with van der Waals surface area (Å²) in [7, 11) is 0. The van der Waals surface area contributed by atoms with E-state index in [4.69, 9.17) is 23.2 Å². The van der Waals surface area contributed by atoms with Crippen LogP contribution in [0.3, 0.4) is 0 Å². The van der Waals surface area contributed by atoms with Crippen LogP contribution >= 0.6 is 23.2 Å². The molecular weight excluding hydrogens is 359 g/mol. The standard InChI is InChI=1S/C18H14Cl2N4O/c19-13-5-3-6-14(8-13)24-18(25)16-9-17(23-11-22-16)21-10-12-4-1-2-7-15(12)20/h1-9,11H,10H2,(H,24,25)(H,21,22,23). The monoisotopic (exact) mass is 372 g/mol. The maximum atomic E-state index is 12.3. The Kier molecular flexibility index (Phi) is 5.48. The van der Waals surface area contributed by atoms with Crippen molar-refractivity contribution in [3.05, 3.63) is 82.2 Å². The number of halogens is 2. The van der Waals surface area contributed by atoms with E-state index in [0.717, 1.165) is 5.56 Å². The lowest BCUT2D eigenvalue weighted by Gasteiger charge is -2.09. The van der Waals surface area contributed by atoms with Crippen LogP contribution in [-0.2, 0) is 6.54 Å². The van der Waals surface area contributed by atoms with Crippen LogP contribution in [0, 0.1) is 0 Å². The largest absolute Gasteiger partial charge is 0.366 e. The normalized spacial score (nSPS) is 10.3. The van der Waals surface area contributed by atoms with Gasteiger partial charge in [-0.05, 0) is 29.8 Å². The zero-order valence-corrected chi connectivity index (χ0v) is 14.6. The predicted octanol–water partition coefficient (Wildman–Crippen LogP) is 4.65. The quantitative estimate of drug-likeness (QED) is 0.683. The number of rotatable bonds is 5. The van der Waals surface area contributed by atoms with Crippen LogP contribution in [0.2, 0.25) is 10.0 Å². The first kappa shape index (κ1) is 17.2. The van der Waals surface area contributed by atoms with Gasteiger partial charge in [0.05, 0.1) is 0 Å². The topological polar surface area (TPSA) is 66.9 Å². The Morgan fingerprint density at radius 3 is 2.64 bits per heavy atom. The van der Waals surface area contributed by atoms with Crippen LogP contribution in [0.15, 0.2) is 60.9 Å². The summed E-state index contributed by atoms with van der Waals surface area (Å²) in [6.45, 7) is 0.492. The molecule has 0 aliphatic heterocycles. The van der Waals surface area contributed by atoms with E-state index >= 15 is 0 Å². The summed E-state index contributed by atoms with van der Waals surface area (Å²) in [5.74, 6) is 0.191. The minimum Gasteiger partial charge on any atom is -0.366 e. The van der Waals surface area contributed by atoms with Crippen molar-refractivity contribution in [2.24, 2.45) is 0 Å². The van der Waals surface area contributed by atoms with Gasteiger partial charge in [-0.2, -0.15) is 0 Å². The Hall–Kier alpha value is -2.63. The summed E-state index contributed by atoms with van der Waals surface area (Å²) in [4.78, 5) is 20.4. The zero-order valence-electron chi connectivity index (χ0n) is 13.0. The van der Waals surface area contributed by atoms with E-state index in [9.17, 15) is 4.79 Å². The van der Waals surface area contributed by atoms with E-state index in [2.05, 4.69) is 20.6 Å². The molecule has 5 nitrogen and oxygen atoms in total. The molecule has 1 aromatic heterocycles. The van der Waals surface area contributed by atoms with Gasteiger partial charge in [0.15, 0.2) is 0 Å². The first-order valence-electron chi connectivity index (χ1n) is 7.48. The van der Waals surface area contributed by atoms with Gasteiger partial charge in [0.25, 0.3) is 5.91 Å². The molecule has 1 heterocycles. The molecule has 2 N–H and O–H groups in total. The molecule has 0 bridgehead atoms. The number of benzene rings is 2. The fourth-order valence-corrected chi connectivity index (χ4v) is 2.56. The molecule has 7 heteroatoms. The van der Waals surface area contributed by atoms with Gasteiger partial charge in [-0.3, -0.25) is 4.79 Å². The van der Waals surface area contributed by atoms with Crippen molar-refractivity contribution in [1.82, 2.24) is 9.97 Å². The molecule has 0 radical (unpaired) electrons. The molecule has 25 heavy (non-hydrogen) atoms. The molecular formula is C18H14Cl2N4O. The van der Waals surface area contributed by atoms with Gasteiger partial charge in [-0.15, -0.1) is 0 Å². The van der Waals surface area contributed by atoms with Gasteiger partial charge >= 0.3 is 0 Å². The Balaban J connectivity index is 1.68. The van der Waals surface area contributed by atoms with Gasteiger partial charge in [-0.1, -0.05) is 47.5 Å². The molecule has 0 atom stereocenters. The average molecular weight is 373 g/mol. The van der Waals surface area contributed by atoms with Crippen LogP contribution in [0.1, 0.15) is 16.1 Å². The highest BCUT2D eigenvalue weighted by atomic mass is 35.5. The SMILES string of the molecule is O=C(Nc1cccc(Cl)c1)c1cc(NCc2ccccc2Cl)ncn1. The number of nitrogens with zero attached hydrogens (tertiary/aromatic N) is 2. The van der Waals surface area contributed by atoms with E-state index in [0.29, 0.717) is 28.1 Å². The van der Waals surface area contributed by atoms with Crippen LogP contribution in [0.25, 0.3) is 0 Å². The molecule has 0 saturated heterocycles. The van der Waals surface area contributed by atoms with Crippen LogP contribution < -0.4 is 10.6 Å². The zero-order chi connectivity index (χ0) is 17.6. The molecule has 3 rings (SSSR count). The van der Waals surface area contributed by atoms with Crippen molar-refractivity contribution < 1.29 is 4.79 Å². The molecule has 0 spiro atoms. The first-order chi connectivity index (χ1) is 12.1. The lowest BCUT2D eigenvalue weighted by molar-refractivity contribution is 0.102. The van der Waals surface area contributed by atoms with Crippen molar-refractivity contribution in [1.29, 1.82) is 0 Å². The average Bonchev–Trinajstić information content (AvgIpc) is 2.61. The second-order valence-corrected chi connectivity index (χ2v) is 6.04. The Morgan fingerprint density at radius 1 is 1.00 bits per heavy atom. The van der Waals surface area contributed by atoms with Gasteiger partial charge in [0.2, 0.25) is 0 Å². The van der Waals surface area contributed by atoms with Crippen molar-refractivity contribution >= 4 is 40.6 Å². The minimum atomic E-state index is -0.342. The summed E-state index contributed by atoms with van der Waals surface area (Å²) < 4.78 is 0. The van der Waals surface area contributed by atoms with E-state index in [1.807, 2.05) is 24.3 Å². The number of nitrogens with one attached hydrogen (secondary N) is 2. The number of amides is 1. The van der Waals surface area contributed by atoms with Crippen molar-refractivity contribution in [3.63, 3.8) is 0 Å². The highest BCUT2D eigenvalue weighted by Gasteiger charge is 2.10. The van der Waals surface area contributed by atoms with E-state index < -0.39 is 0 Å². The molecule has 0 aliphatic carbocycles. The smallest absolute Gasteiger partial charge is 0.274 e. The van der Waals surface area contributed by atoms with Gasteiger partial charge in [-0.25, -0.2) is 9.97 Å². The third kappa shape index (κ3) is 4.68. The van der Waals surface area contributed by atoms with Crippen LogP contribution in [0.5, 0.6) is 0 Å². The lowest BCUT2D eigenvalue weighted by Crippen LogP contribution is -2.14. The fraction of sp³-hybridized carbons (Fsp3) is 0.0556. The number of hydrogen-bond donors (Lipinski definition) is 2. The molecule has 0 unspecified atom stereocenters. The van der Waals surface area contributed by atoms with E-state index in [1.54, 1.807) is 30.3 Å². The van der Waals surface area contributed by atoms with Gasteiger partial charge in [0.1, 0.15) is 17.8 Å². The molecule has 126 valence electrons. The van der Waals surface area contributed by atoms with E-state index in [-0.39, 0.29) is 11.6 Å². The molecule has 3 aromatic rings. The molecule has 2 aromatic carbocycles. The molecule has 0 aliphatic rings. The number of anilines is 2. The minimum absolute atomic E-state index is 0.247. The van der Waals surface area contributed by atoms with Gasteiger partial charge < -0.3 is 10.6 Å². The Bertz CT molecular complexity index is 902. The van der Waals surface area contributed by atoms with Crippen LogP contribution in [-0.4, -0.2) is 15.9 Å². The number of aromatic nitrogens is 2.